The molecule has 1 atom stereocenters. The number of phenols is 1. The molecule has 3 rings (SSSR count). The fraction of sp³-hybridized carbons (Fsp3) is 0.467. The van der Waals surface area contributed by atoms with E-state index >= 15 is 0 Å². The van der Waals surface area contributed by atoms with Gasteiger partial charge in [-0.3, -0.25) is 0 Å². The van der Waals surface area contributed by atoms with Crippen molar-refractivity contribution >= 4 is 21.4 Å². The predicted octanol–water partition coefficient (Wildman–Crippen LogP) is 2.03. The van der Waals surface area contributed by atoms with Gasteiger partial charge in [-0.25, -0.2) is 0 Å². The molecule has 5 heteroatoms. The van der Waals surface area contributed by atoms with E-state index in [9.17, 15) is 5.11 Å². The van der Waals surface area contributed by atoms with Gasteiger partial charge in [-0.05, 0) is 25.2 Å². The van der Waals surface area contributed by atoms with Crippen LogP contribution in [0.1, 0.15) is 4.88 Å². The second-order valence-corrected chi connectivity index (χ2v) is 6.46. The Hall–Kier alpha value is -1.14. The van der Waals surface area contributed by atoms with Crippen molar-refractivity contribution in [1.29, 1.82) is 0 Å². The largest absolute Gasteiger partial charge is 0.507 e. The van der Waals surface area contributed by atoms with Crippen molar-refractivity contribution in [3.05, 3.63) is 29.1 Å². The summed E-state index contributed by atoms with van der Waals surface area (Å²) in [5, 5.41) is 14.2. The molecule has 2 heterocycles. The standard InChI is InChI=1S/C15H20N2O2S/c1-17-5-6-19-11(10-17)8-16-9-12-7-13-14(18)3-2-4-15(13)20-12/h2-4,7,11,16,18H,5-6,8-10H2,1H3. The first-order chi connectivity index (χ1) is 9.72. The van der Waals surface area contributed by atoms with E-state index < -0.39 is 0 Å². The summed E-state index contributed by atoms with van der Waals surface area (Å²) in [4.78, 5) is 3.54. The van der Waals surface area contributed by atoms with E-state index in [2.05, 4.69) is 23.3 Å². The number of aromatic hydroxyl groups is 1. The first kappa shape index (κ1) is 13.8. The summed E-state index contributed by atoms with van der Waals surface area (Å²) in [7, 11) is 2.13. The normalized spacial score (nSPS) is 20.6. The summed E-state index contributed by atoms with van der Waals surface area (Å²) >= 11 is 1.72. The smallest absolute Gasteiger partial charge is 0.124 e. The number of nitrogens with zero attached hydrogens (tertiary/aromatic N) is 1. The van der Waals surface area contributed by atoms with E-state index in [4.69, 9.17) is 4.74 Å². The highest BCUT2D eigenvalue weighted by Gasteiger charge is 2.17. The summed E-state index contributed by atoms with van der Waals surface area (Å²) in [6.45, 7) is 4.51. The average Bonchev–Trinajstić information content (AvgIpc) is 2.83. The summed E-state index contributed by atoms with van der Waals surface area (Å²) < 4.78 is 6.86. The molecule has 4 nitrogen and oxygen atoms in total. The Morgan fingerprint density at radius 2 is 2.40 bits per heavy atom. The maximum absolute atomic E-state index is 9.80. The zero-order valence-corrected chi connectivity index (χ0v) is 12.4. The Morgan fingerprint density at radius 3 is 3.20 bits per heavy atom. The molecule has 1 saturated heterocycles. The van der Waals surface area contributed by atoms with Gasteiger partial charge < -0.3 is 20.1 Å². The van der Waals surface area contributed by atoms with Crippen molar-refractivity contribution in [2.75, 3.05) is 33.3 Å². The van der Waals surface area contributed by atoms with Crippen LogP contribution >= 0.6 is 11.3 Å². The molecule has 108 valence electrons. The van der Waals surface area contributed by atoms with E-state index in [-0.39, 0.29) is 6.10 Å². The lowest BCUT2D eigenvalue weighted by molar-refractivity contribution is -0.0181. The highest BCUT2D eigenvalue weighted by molar-refractivity contribution is 7.19. The monoisotopic (exact) mass is 292 g/mol. The third kappa shape index (κ3) is 3.12. The summed E-state index contributed by atoms with van der Waals surface area (Å²) in [5.74, 6) is 0.363. The van der Waals surface area contributed by atoms with Crippen LogP contribution in [0.25, 0.3) is 10.1 Å². The highest BCUT2D eigenvalue weighted by atomic mass is 32.1. The van der Waals surface area contributed by atoms with E-state index in [0.29, 0.717) is 5.75 Å². The van der Waals surface area contributed by atoms with Gasteiger partial charge in [0.15, 0.2) is 0 Å². The number of hydrogen-bond acceptors (Lipinski definition) is 5. The number of likely N-dealkylation sites (N-methyl/N-ethyl adjacent to an activating group) is 1. The molecule has 0 saturated carbocycles. The summed E-state index contributed by atoms with van der Waals surface area (Å²) in [6.07, 6.45) is 0.275. The second kappa shape index (κ2) is 6.10. The van der Waals surface area contributed by atoms with Crippen LogP contribution in [-0.2, 0) is 11.3 Å². The van der Waals surface area contributed by atoms with Crippen molar-refractivity contribution in [3.63, 3.8) is 0 Å². The third-order valence-electron chi connectivity index (χ3n) is 3.60. The lowest BCUT2D eigenvalue weighted by Gasteiger charge is -2.30. The van der Waals surface area contributed by atoms with Crippen molar-refractivity contribution in [2.24, 2.45) is 0 Å². The van der Waals surface area contributed by atoms with Gasteiger partial charge in [-0.1, -0.05) is 6.07 Å². The van der Waals surface area contributed by atoms with Crippen molar-refractivity contribution in [1.82, 2.24) is 10.2 Å². The number of rotatable bonds is 4. The summed E-state index contributed by atoms with van der Waals surface area (Å²) in [6, 6.07) is 7.73. The average molecular weight is 292 g/mol. The number of benzene rings is 1. The molecule has 0 bridgehead atoms. The molecule has 1 fully saturated rings. The van der Waals surface area contributed by atoms with Crippen LogP contribution in [0.4, 0.5) is 0 Å². The van der Waals surface area contributed by atoms with E-state index in [1.807, 2.05) is 12.1 Å². The Kier molecular flexibility index (Phi) is 4.21. The minimum Gasteiger partial charge on any atom is -0.507 e. The van der Waals surface area contributed by atoms with Crippen LogP contribution in [-0.4, -0.2) is 49.4 Å². The number of fused-ring (bicyclic) bond motifs is 1. The number of hydrogen-bond donors (Lipinski definition) is 2. The molecule has 1 unspecified atom stereocenters. The van der Waals surface area contributed by atoms with Gasteiger partial charge in [-0.2, -0.15) is 0 Å². The number of morpholine rings is 1. The van der Waals surface area contributed by atoms with Gasteiger partial charge in [-0.15, -0.1) is 11.3 Å². The van der Waals surface area contributed by atoms with E-state index in [1.165, 1.54) is 4.88 Å². The summed E-state index contributed by atoms with van der Waals surface area (Å²) in [5.41, 5.74) is 0. The molecule has 1 aliphatic rings. The molecule has 1 aromatic heterocycles. The minimum absolute atomic E-state index is 0.275. The second-order valence-electron chi connectivity index (χ2n) is 5.29. The highest BCUT2D eigenvalue weighted by Crippen LogP contribution is 2.31. The molecule has 2 N–H and O–H groups in total. The molecular weight excluding hydrogens is 272 g/mol. The molecule has 0 spiro atoms. The number of thiophene rings is 1. The SMILES string of the molecule is CN1CCOC(CNCc2cc3c(O)cccc3s2)C1. The molecule has 20 heavy (non-hydrogen) atoms. The van der Waals surface area contributed by atoms with Gasteiger partial charge in [0.1, 0.15) is 5.75 Å². The Bertz CT molecular complexity index is 584. The first-order valence-corrected chi connectivity index (χ1v) is 7.75. The van der Waals surface area contributed by atoms with Gasteiger partial charge in [0.25, 0.3) is 0 Å². The van der Waals surface area contributed by atoms with Crippen molar-refractivity contribution < 1.29 is 9.84 Å². The van der Waals surface area contributed by atoms with Crippen LogP contribution in [0.5, 0.6) is 5.75 Å². The number of phenolic OH excluding ortho intramolecular Hbond substituents is 1. The zero-order chi connectivity index (χ0) is 13.9. The molecule has 2 aromatic rings. The fourth-order valence-corrected chi connectivity index (χ4v) is 3.59. The Morgan fingerprint density at radius 1 is 1.50 bits per heavy atom. The quantitative estimate of drug-likeness (QED) is 0.905. The molecule has 1 aromatic carbocycles. The van der Waals surface area contributed by atoms with E-state index in [1.54, 1.807) is 17.4 Å². The molecular formula is C15H20N2O2S. The lowest BCUT2D eigenvalue weighted by Crippen LogP contribution is -2.44. The van der Waals surface area contributed by atoms with Gasteiger partial charge in [0.05, 0.1) is 12.7 Å². The van der Waals surface area contributed by atoms with Gasteiger partial charge in [0.2, 0.25) is 0 Å². The molecule has 0 aliphatic carbocycles. The predicted molar refractivity (Wildman–Crippen MR) is 82.4 cm³/mol. The Balaban J connectivity index is 1.56. The van der Waals surface area contributed by atoms with Gasteiger partial charge >= 0.3 is 0 Å². The number of nitrogens with one attached hydrogen (secondary N) is 1. The maximum atomic E-state index is 9.80. The molecule has 0 amide bonds. The topological polar surface area (TPSA) is 44.7 Å². The van der Waals surface area contributed by atoms with E-state index in [0.717, 1.165) is 42.9 Å². The van der Waals surface area contributed by atoms with Crippen LogP contribution < -0.4 is 5.32 Å². The minimum atomic E-state index is 0.275. The first-order valence-electron chi connectivity index (χ1n) is 6.93. The van der Waals surface area contributed by atoms with Crippen LogP contribution in [0.15, 0.2) is 24.3 Å². The van der Waals surface area contributed by atoms with Crippen LogP contribution in [0.3, 0.4) is 0 Å². The molecule has 0 radical (unpaired) electrons. The number of ether oxygens (including phenoxy) is 1. The third-order valence-corrected chi connectivity index (χ3v) is 4.70. The van der Waals surface area contributed by atoms with Crippen molar-refractivity contribution in [2.45, 2.75) is 12.6 Å². The van der Waals surface area contributed by atoms with Gasteiger partial charge in [0, 0.05) is 41.1 Å². The Labute approximate surface area is 123 Å². The van der Waals surface area contributed by atoms with Crippen molar-refractivity contribution in [3.8, 4) is 5.75 Å². The fourth-order valence-electron chi connectivity index (χ4n) is 2.53. The van der Waals surface area contributed by atoms with Crippen LogP contribution in [0.2, 0.25) is 0 Å². The van der Waals surface area contributed by atoms with Crippen LogP contribution in [0, 0.1) is 0 Å². The maximum Gasteiger partial charge on any atom is 0.124 e. The zero-order valence-electron chi connectivity index (χ0n) is 11.6. The lowest BCUT2D eigenvalue weighted by atomic mass is 10.2. The molecule has 1 aliphatic heterocycles.